The van der Waals surface area contributed by atoms with Crippen LogP contribution in [0.25, 0.3) is 38.9 Å². The van der Waals surface area contributed by atoms with Gasteiger partial charge in [0.15, 0.2) is 0 Å². The molecule has 0 saturated carbocycles. The Bertz CT molecular complexity index is 1970. The van der Waals surface area contributed by atoms with Crippen molar-refractivity contribution in [1.82, 2.24) is 19.5 Å². The maximum absolute atomic E-state index is 6.38. The first kappa shape index (κ1) is 21.8. The average molecular weight is 500 g/mol. The molecule has 0 bridgehead atoms. The summed E-state index contributed by atoms with van der Waals surface area (Å²) < 4.78 is 8.48. The summed E-state index contributed by atoms with van der Waals surface area (Å²) in [6.07, 6.45) is 3.67. The van der Waals surface area contributed by atoms with Crippen LogP contribution >= 0.6 is 0 Å². The molecule has 7 aromatic rings. The van der Waals surface area contributed by atoms with Gasteiger partial charge in [-0.05, 0) is 59.7 Å². The van der Waals surface area contributed by atoms with Crippen molar-refractivity contribution in [3.05, 3.63) is 128 Å². The molecule has 6 heteroatoms. The summed E-state index contributed by atoms with van der Waals surface area (Å²) in [6, 6.07) is 39.2. The molecule has 0 unspecified atom stereocenters. The van der Waals surface area contributed by atoms with Crippen LogP contribution in [0.15, 0.2) is 128 Å². The van der Waals surface area contributed by atoms with E-state index in [0.29, 0.717) is 5.88 Å². The molecular formula is C33H21BN4O. The fourth-order valence-electron chi connectivity index (χ4n) is 5.85. The topological polar surface area (TPSA) is 52.8 Å². The van der Waals surface area contributed by atoms with Crippen molar-refractivity contribution >= 4 is 45.2 Å². The zero-order valence-electron chi connectivity index (χ0n) is 20.9. The number of fused-ring (bicyclic) bond motifs is 6. The highest BCUT2D eigenvalue weighted by atomic mass is 16.5. The summed E-state index contributed by atoms with van der Waals surface area (Å²) in [7, 11) is 0. The van der Waals surface area contributed by atoms with Crippen molar-refractivity contribution < 1.29 is 4.74 Å². The van der Waals surface area contributed by atoms with Gasteiger partial charge in [-0.15, -0.1) is 0 Å². The van der Waals surface area contributed by atoms with Crippen LogP contribution in [0.1, 0.15) is 0 Å². The van der Waals surface area contributed by atoms with Crippen LogP contribution < -0.4 is 21.3 Å². The van der Waals surface area contributed by atoms with Crippen LogP contribution in [0.4, 0.5) is 0 Å². The number of hydrogen-bond acceptors (Lipinski definition) is 4. The van der Waals surface area contributed by atoms with Gasteiger partial charge in [-0.2, -0.15) is 4.98 Å². The standard InChI is InChI=1S/C33H21BN4O/c1-3-12-27-23(9-1)24-18-17-22(21-28(24)34(27)30-14-5-6-19-35-30)39-32-16-7-15-31(37-32)38-29-13-4-2-10-25(29)26-11-8-20-36-33(26)38/h1-21H. The molecule has 0 saturated heterocycles. The van der Waals surface area contributed by atoms with Gasteiger partial charge in [0.1, 0.15) is 17.2 Å². The maximum Gasteiger partial charge on any atom is 0.266 e. The summed E-state index contributed by atoms with van der Waals surface area (Å²) in [4.78, 5) is 14.3. The fourth-order valence-corrected chi connectivity index (χ4v) is 5.85. The first-order valence-electron chi connectivity index (χ1n) is 13.0. The zero-order chi connectivity index (χ0) is 25.8. The quantitative estimate of drug-likeness (QED) is 0.310. The molecule has 4 aromatic heterocycles. The number of nitrogens with zero attached hydrogens (tertiary/aromatic N) is 4. The molecule has 0 spiro atoms. The van der Waals surface area contributed by atoms with Crippen LogP contribution in [0.5, 0.6) is 11.6 Å². The number of hydrogen-bond donors (Lipinski definition) is 0. The minimum atomic E-state index is 0.0592. The van der Waals surface area contributed by atoms with Gasteiger partial charge in [-0.3, -0.25) is 9.55 Å². The van der Waals surface area contributed by atoms with Crippen LogP contribution in [0.3, 0.4) is 0 Å². The molecule has 1 aliphatic rings. The number of benzene rings is 3. The van der Waals surface area contributed by atoms with Crippen LogP contribution in [-0.4, -0.2) is 26.2 Å². The second-order valence-electron chi connectivity index (χ2n) is 9.69. The predicted molar refractivity (Wildman–Crippen MR) is 157 cm³/mol. The van der Waals surface area contributed by atoms with Crippen LogP contribution in [-0.2, 0) is 0 Å². The Morgan fingerprint density at radius 3 is 2.38 bits per heavy atom. The number of para-hydroxylation sites is 1. The third-order valence-corrected chi connectivity index (χ3v) is 7.47. The van der Waals surface area contributed by atoms with E-state index in [0.717, 1.165) is 39.1 Å². The third kappa shape index (κ3) is 3.46. The lowest BCUT2D eigenvalue weighted by Gasteiger charge is -2.12. The normalized spacial score (nSPS) is 12.1. The highest BCUT2D eigenvalue weighted by molar-refractivity contribution is 6.98. The van der Waals surface area contributed by atoms with Crippen molar-refractivity contribution in [2.75, 3.05) is 0 Å². The number of aromatic nitrogens is 4. The van der Waals surface area contributed by atoms with E-state index in [1.165, 1.54) is 22.1 Å². The zero-order valence-corrected chi connectivity index (χ0v) is 20.9. The molecule has 1 aliphatic heterocycles. The molecule has 0 fully saturated rings. The van der Waals surface area contributed by atoms with Crippen LogP contribution in [0.2, 0.25) is 0 Å². The first-order chi connectivity index (χ1) is 19.3. The summed E-state index contributed by atoms with van der Waals surface area (Å²) in [6.45, 7) is 0.0592. The summed E-state index contributed by atoms with van der Waals surface area (Å²) in [5.74, 6) is 2.03. The Balaban J connectivity index is 1.21. The highest BCUT2D eigenvalue weighted by Gasteiger charge is 2.34. The van der Waals surface area contributed by atoms with Gasteiger partial charge in [0.05, 0.1) is 5.52 Å². The second kappa shape index (κ2) is 8.67. The number of ether oxygens (including phenoxy) is 1. The van der Waals surface area contributed by atoms with E-state index in [1.807, 2.05) is 60.9 Å². The SMILES string of the molecule is c1ccc(B2c3ccccc3-c3ccc(Oc4cccc(-n5c6ccccc6c6cccnc65)n4)cc32)nc1. The maximum atomic E-state index is 6.38. The van der Waals surface area contributed by atoms with E-state index in [2.05, 4.69) is 76.3 Å². The molecule has 39 heavy (non-hydrogen) atoms. The molecule has 8 rings (SSSR count). The Hall–Kier alpha value is -5.23. The molecule has 0 radical (unpaired) electrons. The first-order valence-corrected chi connectivity index (χ1v) is 13.0. The Labute approximate surface area is 225 Å². The Morgan fingerprint density at radius 2 is 1.44 bits per heavy atom. The second-order valence-corrected chi connectivity index (χ2v) is 9.69. The summed E-state index contributed by atoms with van der Waals surface area (Å²) in [5, 5.41) is 2.24. The van der Waals surface area contributed by atoms with E-state index in [-0.39, 0.29) is 6.71 Å². The highest BCUT2D eigenvalue weighted by Crippen LogP contribution is 2.31. The average Bonchev–Trinajstić information content (AvgIpc) is 3.50. The Morgan fingerprint density at radius 1 is 0.615 bits per heavy atom. The van der Waals surface area contributed by atoms with Gasteiger partial charge in [0, 0.05) is 34.8 Å². The van der Waals surface area contributed by atoms with Crippen molar-refractivity contribution in [2.45, 2.75) is 0 Å². The molecule has 0 atom stereocenters. The summed E-state index contributed by atoms with van der Waals surface area (Å²) in [5.41, 5.74) is 7.87. The van der Waals surface area contributed by atoms with E-state index in [9.17, 15) is 0 Å². The lowest BCUT2D eigenvalue weighted by Crippen LogP contribution is -2.50. The molecule has 5 nitrogen and oxygen atoms in total. The van der Waals surface area contributed by atoms with Gasteiger partial charge in [0.2, 0.25) is 5.88 Å². The molecule has 0 amide bonds. The molecular weight excluding hydrogens is 479 g/mol. The minimum absolute atomic E-state index is 0.0592. The molecule has 5 heterocycles. The van der Waals surface area contributed by atoms with Gasteiger partial charge in [-0.25, -0.2) is 4.98 Å². The van der Waals surface area contributed by atoms with Gasteiger partial charge in [-0.1, -0.05) is 71.6 Å². The minimum Gasteiger partial charge on any atom is -0.439 e. The van der Waals surface area contributed by atoms with Crippen molar-refractivity contribution in [1.29, 1.82) is 0 Å². The molecule has 3 aromatic carbocycles. The summed E-state index contributed by atoms with van der Waals surface area (Å²) >= 11 is 0. The van der Waals surface area contributed by atoms with Gasteiger partial charge >= 0.3 is 0 Å². The predicted octanol–water partition coefficient (Wildman–Crippen LogP) is 5.26. The van der Waals surface area contributed by atoms with Gasteiger partial charge < -0.3 is 4.74 Å². The third-order valence-electron chi connectivity index (χ3n) is 7.47. The monoisotopic (exact) mass is 500 g/mol. The van der Waals surface area contributed by atoms with Crippen molar-refractivity contribution in [2.24, 2.45) is 0 Å². The van der Waals surface area contributed by atoms with E-state index in [4.69, 9.17) is 14.7 Å². The largest absolute Gasteiger partial charge is 0.439 e. The van der Waals surface area contributed by atoms with Crippen molar-refractivity contribution in [3.8, 4) is 28.6 Å². The van der Waals surface area contributed by atoms with Gasteiger partial charge in [0.25, 0.3) is 6.71 Å². The lowest BCUT2D eigenvalue weighted by molar-refractivity contribution is 0.463. The molecule has 0 aliphatic carbocycles. The van der Waals surface area contributed by atoms with Crippen LogP contribution in [0, 0.1) is 0 Å². The smallest absolute Gasteiger partial charge is 0.266 e. The number of pyridine rings is 3. The molecule has 182 valence electrons. The lowest BCUT2D eigenvalue weighted by atomic mass is 9.40. The van der Waals surface area contributed by atoms with E-state index in [1.54, 1.807) is 0 Å². The van der Waals surface area contributed by atoms with E-state index < -0.39 is 0 Å². The fraction of sp³-hybridized carbons (Fsp3) is 0. The number of rotatable bonds is 4. The molecule has 0 N–H and O–H groups in total. The van der Waals surface area contributed by atoms with E-state index >= 15 is 0 Å². The Kier molecular flexibility index (Phi) is 4.85. The van der Waals surface area contributed by atoms with Crippen molar-refractivity contribution in [3.63, 3.8) is 0 Å².